The lowest BCUT2D eigenvalue weighted by atomic mass is 10.1. The fraction of sp³-hybridized carbons (Fsp3) is 0.312. The normalized spacial score (nSPS) is 12.7. The summed E-state index contributed by atoms with van der Waals surface area (Å²) in [6.07, 6.45) is 4.54. The van der Waals surface area contributed by atoms with Crippen molar-refractivity contribution in [2.45, 2.75) is 32.7 Å². The first-order valence-electron chi connectivity index (χ1n) is 7.10. The van der Waals surface area contributed by atoms with Gasteiger partial charge in [-0.2, -0.15) is 5.26 Å². The number of fused-ring (bicyclic) bond motifs is 1. The zero-order chi connectivity index (χ0) is 15.7. The van der Waals surface area contributed by atoms with E-state index in [0.717, 1.165) is 24.8 Å². The molecule has 0 aromatic carbocycles. The van der Waals surface area contributed by atoms with Crippen LogP contribution in [0.1, 0.15) is 28.0 Å². The zero-order valence-corrected chi connectivity index (χ0v) is 13.0. The maximum Gasteiger partial charge on any atom is 0.253 e. The molecule has 0 spiro atoms. The molecule has 0 bridgehead atoms. The Kier molecular flexibility index (Phi) is 3.82. The number of nitriles is 1. The molecule has 0 saturated carbocycles. The number of rotatable bonds is 3. The second kappa shape index (κ2) is 5.78. The molecule has 1 aliphatic rings. The van der Waals surface area contributed by atoms with Gasteiger partial charge >= 0.3 is 0 Å². The van der Waals surface area contributed by atoms with Crippen LogP contribution in [0.4, 0.5) is 5.00 Å². The summed E-state index contributed by atoms with van der Waals surface area (Å²) in [6, 6.07) is 5.65. The van der Waals surface area contributed by atoms with Gasteiger partial charge in [0.2, 0.25) is 5.91 Å². The quantitative estimate of drug-likeness (QED) is 0.944. The number of hydrogen-bond acceptors (Lipinski definition) is 4. The monoisotopic (exact) mass is 313 g/mol. The van der Waals surface area contributed by atoms with Gasteiger partial charge in [-0.25, -0.2) is 0 Å². The van der Waals surface area contributed by atoms with Crippen LogP contribution in [0, 0.1) is 18.3 Å². The van der Waals surface area contributed by atoms with Crippen molar-refractivity contribution in [1.82, 2.24) is 4.57 Å². The maximum absolute atomic E-state index is 12.2. The van der Waals surface area contributed by atoms with Gasteiger partial charge < -0.3 is 9.88 Å². The molecule has 0 atom stereocenters. The van der Waals surface area contributed by atoms with Crippen LogP contribution < -0.4 is 10.9 Å². The molecule has 2 aromatic rings. The molecule has 22 heavy (non-hydrogen) atoms. The Morgan fingerprint density at radius 1 is 1.50 bits per heavy atom. The highest BCUT2D eigenvalue weighted by Gasteiger charge is 2.23. The smallest absolute Gasteiger partial charge is 0.253 e. The van der Waals surface area contributed by atoms with Crippen LogP contribution in [0.5, 0.6) is 0 Å². The fourth-order valence-corrected chi connectivity index (χ4v) is 3.97. The predicted octanol–water partition coefficient (Wildman–Crippen LogP) is 2.22. The minimum Gasteiger partial charge on any atom is -0.315 e. The van der Waals surface area contributed by atoms with Crippen molar-refractivity contribution >= 4 is 22.2 Å². The van der Waals surface area contributed by atoms with Gasteiger partial charge in [-0.15, -0.1) is 11.3 Å². The van der Waals surface area contributed by atoms with E-state index in [4.69, 9.17) is 0 Å². The Balaban J connectivity index is 1.80. The number of anilines is 1. The Hall–Kier alpha value is -2.39. The van der Waals surface area contributed by atoms with Crippen molar-refractivity contribution in [2.24, 2.45) is 0 Å². The van der Waals surface area contributed by atoms with E-state index in [-0.39, 0.29) is 18.0 Å². The first kappa shape index (κ1) is 14.5. The second-order valence-corrected chi connectivity index (χ2v) is 6.45. The molecule has 1 amide bonds. The number of aromatic nitrogens is 1. The second-order valence-electron chi connectivity index (χ2n) is 5.35. The number of carbonyl (C=O) groups excluding carboxylic acids is 1. The van der Waals surface area contributed by atoms with Crippen molar-refractivity contribution in [3.8, 4) is 6.07 Å². The van der Waals surface area contributed by atoms with Gasteiger partial charge in [0.1, 0.15) is 17.6 Å². The molecule has 0 fully saturated rings. The molecule has 3 rings (SSSR count). The molecule has 1 aliphatic carbocycles. The molecule has 112 valence electrons. The molecule has 2 heterocycles. The standard InChI is InChI=1S/C16H15N3O2S/c1-10-4-3-7-19(16(10)21)9-14(20)18-15-12(8-17)11-5-2-6-13(11)22-15/h3-4,7H,2,5-6,9H2,1H3,(H,18,20). The highest BCUT2D eigenvalue weighted by molar-refractivity contribution is 7.16. The van der Waals surface area contributed by atoms with E-state index in [1.54, 1.807) is 25.3 Å². The fourth-order valence-electron chi connectivity index (χ4n) is 2.71. The van der Waals surface area contributed by atoms with Crippen LogP contribution in [0.25, 0.3) is 0 Å². The topological polar surface area (TPSA) is 74.9 Å². The van der Waals surface area contributed by atoms with E-state index in [0.29, 0.717) is 16.1 Å². The number of hydrogen-bond donors (Lipinski definition) is 1. The molecule has 0 aliphatic heterocycles. The minimum absolute atomic E-state index is 0.0477. The number of amides is 1. The molecule has 1 N–H and O–H groups in total. The summed E-state index contributed by atoms with van der Waals surface area (Å²) in [6.45, 7) is 1.67. The highest BCUT2D eigenvalue weighted by atomic mass is 32.1. The molecule has 0 unspecified atom stereocenters. The van der Waals surface area contributed by atoms with E-state index in [9.17, 15) is 14.9 Å². The van der Waals surface area contributed by atoms with Gasteiger partial charge in [0.05, 0.1) is 5.56 Å². The zero-order valence-electron chi connectivity index (χ0n) is 12.2. The van der Waals surface area contributed by atoms with Crippen molar-refractivity contribution in [1.29, 1.82) is 5.26 Å². The van der Waals surface area contributed by atoms with Crippen molar-refractivity contribution < 1.29 is 4.79 Å². The van der Waals surface area contributed by atoms with E-state index in [2.05, 4.69) is 11.4 Å². The number of nitrogens with one attached hydrogen (secondary N) is 1. The third-order valence-electron chi connectivity index (χ3n) is 3.81. The van der Waals surface area contributed by atoms with Gasteiger partial charge in [-0.1, -0.05) is 6.07 Å². The summed E-state index contributed by atoms with van der Waals surface area (Å²) >= 11 is 1.48. The van der Waals surface area contributed by atoms with Crippen molar-refractivity contribution in [3.63, 3.8) is 0 Å². The number of carbonyl (C=O) groups is 1. The lowest BCUT2D eigenvalue weighted by Crippen LogP contribution is -2.28. The van der Waals surface area contributed by atoms with Gasteiger partial charge in [-0.3, -0.25) is 9.59 Å². The lowest BCUT2D eigenvalue weighted by Gasteiger charge is -2.07. The average Bonchev–Trinajstić information content (AvgIpc) is 3.04. The van der Waals surface area contributed by atoms with Crippen LogP contribution in [0.2, 0.25) is 0 Å². The third-order valence-corrected chi connectivity index (χ3v) is 5.02. The van der Waals surface area contributed by atoms with Crippen LogP contribution >= 0.6 is 11.3 Å². The number of aryl methyl sites for hydroxylation is 2. The maximum atomic E-state index is 12.2. The van der Waals surface area contributed by atoms with Crippen LogP contribution in [0.3, 0.4) is 0 Å². The molecular weight excluding hydrogens is 298 g/mol. The minimum atomic E-state index is -0.288. The summed E-state index contributed by atoms with van der Waals surface area (Å²) in [4.78, 5) is 25.3. The van der Waals surface area contributed by atoms with Crippen LogP contribution in [0.15, 0.2) is 23.1 Å². The Morgan fingerprint density at radius 2 is 2.32 bits per heavy atom. The summed E-state index contributed by atoms with van der Waals surface area (Å²) in [5.41, 5.74) is 2.09. The third kappa shape index (κ3) is 2.55. The first-order chi connectivity index (χ1) is 10.6. The summed E-state index contributed by atoms with van der Waals surface area (Å²) in [5.74, 6) is -0.288. The van der Waals surface area contributed by atoms with E-state index >= 15 is 0 Å². The molecule has 5 nitrogen and oxygen atoms in total. The van der Waals surface area contributed by atoms with Gasteiger partial charge in [0.25, 0.3) is 5.56 Å². The SMILES string of the molecule is Cc1cccn(CC(=O)Nc2sc3c(c2C#N)CCC3)c1=O. The molecular formula is C16H15N3O2S. The van der Waals surface area contributed by atoms with E-state index in [1.165, 1.54) is 20.8 Å². The van der Waals surface area contributed by atoms with Gasteiger partial charge in [-0.05, 0) is 37.8 Å². The Labute approximate surface area is 131 Å². The average molecular weight is 313 g/mol. The van der Waals surface area contributed by atoms with Gasteiger partial charge in [0, 0.05) is 16.6 Å². The van der Waals surface area contributed by atoms with Gasteiger partial charge in [0.15, 0.2) is 0 Å². The van der Waals surface area contributed by atoms with E-state index in [1.807, 2.05) is 0 Å². The van der Waals surface area contributed by atoms with Crippen molar-refractivity contribution in [3.05, 3.63) is 50.3 Å². The Morgan fingerprint density at radius 3 is 3.09 bits per heavy atom. The number of pyridine rings is 1. The summed E-state index contributed by atoms with van der Waals surface area (Å²) < 4.78 is 1.37. The summed E-state index contributed by atoms with van der Waals surface area (Å²) in [7, 11) is 0. The number of nitrogens with zero attached hydrogens (tertiary/aromatic N) is 2. The van der Waals surface area contributed by atoms with Crippen molar-refractivity contribution in [2.75, 3.05) is 5.32 Å². The first-order valence-corrected chi connectivity index (χ1v) is 7.92. The molecule has 0 saturated heterocycles. The molecule has 0 radical (unpaired) electrons. The Bertz CT molecular complexity index is 842. The largest absolute Gasteiger partial charge is 0.315 e. The predicted molar refractivity (Wildman–Crippen MR) is 85.1 cm³/mol. The van der Waals surface area contributed by atoms with E-state index < -0.39 is 0 Å². The molecule has 6 heteroatoms. The lowest BCUT2D eigenvalue weighted by molar-refractivity contribution is -0.116. The molecule has 2 aromatic heterocycles. The number of thiophene rings is 1. The highest BCUT2D eigenvalue weighted by Crippen LogP contribution is 2.38. The van der Waals surface area contributed by atoms with Crippen LogP contribution in [-0.2, 0) is 24.2 Å². The van der Waals surface area contributed by atoms with Crippen LogP contribution in [-0.4, -0.2) is 10.5 Å². The summed E-state index contributed by atoms with van der Waals surface area (Å²) in [5, 5.41) is 12.7.